The summed E-state index contributed by atoms with van der Waals surface area (Å²) in [5, 5.41) is 0.116. The monoisotopic (exact) mass is 331 g/mol. The molecule has 0 unspecified atom stereocenters. The van der Waals surface area contributed by atoms with Crippen molar-refractivity contribution in [3.05, 3.63) is 40.8 Å². The van der Waals surface area contributed by atoms with Gasteiger partial charge in [0.1, 0.15) is 11.6 Å². The summed E-state index contributed by atoms with van der Waals surface area (Å²) in [6.45, 7) is 4.25. The van der Waals surface area contributed by atoms with Crippen molar-refractivity contribution in [3.63, 3.8) is 0 Å². The maximum atomic E-state index is 13.9. The highest BCUT2D eigenvalue weighted by Crippen LogP contribution is 2.25. The molecule has 0 amide bonds. The van der Waals surface area contributed by atoms with Crippen LogP contribution in [0.4, 0.5) is 10.2 Å². The number of fused-ring (bicyclic) bond motifs is 1. The van der Waals surface area contributed by atoms with Crippen molar-refractivity contribution in [2.24, 2.45) is 0 Å². The molecule has 3 N–H and O–H groups in total. The number of nitrogens with zero attached hydrogens (tertiary/aromatic N) is 3. The summed E-state index contributed by atoms with van der Waals surface area (Å²) in [5.74, 6) is -0.645. The Morgan fingerprint density at radius 1 is 1.29 bits per heavy atom. The lowest BCUT2D eigenvalue weighted by Crippen LogP contribution is -2.10. The molecule has 0 saturated carbocycles. The molecule has 0 saturated heterocycles. The van der Waals surface area contributed by atoms with Gasteiger partial charge in [-0.1, -0.05) is 20.3 Å². The van der Waals surface area contributed by atoms with Gasteiger partial charge in [-0.2, -0.15) is 0 Å². The van der Waals surface area contributed by atoms with Gasteiger partial charge in [-0.15, -0.1) is 0 Å². The van der Waals surface area contributed by atoms with E-state index in [9.17, 15) is 9.18 Å². The maximum absolute atomic E-state index is 13.9. The van der Waals surface area contributed by atoms with Crippen LogP contribution in [0.3, 0.4) is 0 Å². The van der Waals surface area contributed by atoms with E-state index in [0.29, 0.717) is 11.3 Å². The van der Waals surface area contributed by atoms with Gasteiger partial charge in [-0.05, 0) is 6.07 Å². The third kappa shape index (κ3) is 3.48. The third-order valence-corrected chi connectivity index (χ3v) is 2.97. The Morgan fingerprint density at radius 2 is 1.92 bits per heavy atom. The van der Waals surface area contributed by atoms with Crippen LogP contribution in [0.2, 0.25) is 0 Å². The van der Waals surface area contributed by atoms with Crippen molar-refractivity contribution in [2.75, 3.05) is 12.8 Å². The van der Waals surface area contributed by atoms with Crippen LogP contribution in [0.1, 0.15) is 20.3 Å². The quantitative estimate of drug-likeness (QED) is 0.747. The van der Waals surface area contributed by atoms with Gasteiger partial charge in [0.05, 0.1) is 18.2 Å². The summed E-state index contributed by atoms with van der Waals surface area (Å²) in [7, 11) is 1.45. The molecule has 0 aliphatic carbocycles. The number of H-pyrrole nitrogens is 1. The van der Waals surface area contributed by atoms with Crippen LogP contribution in [0, 0.1) is 5.82 Å². The second-order valence-corrected chi connectivity index (χ2v) is 4.95. The summed E-state index contributed by atoms with van der Waals surface area (Å²) in [5.41, 5.74) is 6.16. The number of nitrogens with two attached hydrogens (primary N) is 1. The Balaban J connectivity index is 0.000000647. The summed E-state index contributed by atoms with van der Waals surface area (Å²) >= 11 is 0. The van der Waals surface area contributed by atoms with Gasteiger partial charge in [-0.25, -0.2) is 19.3 Å². The Kier molecular flexibility index (Phi) is 5.41. The van der Waals surface area contributed by atoms with Crippen LogP contribution < -0.4 is 16.0 Å². The molecule has 0 bridgehead atoms. The van der Waals surface area contributed by atoms with E-state index in [2.05, 4.69) is 33.8 Å². The topological polar surface area (TPSA) is 107 Å². The largest absolute Gasteiger partial charge is 0.467 e. The highest BCUT2D eigenvalue weighted by Gasteiger charge is 2.12. The number of anilines is 1. The van der Waals surface area contributed by atoms with Gasteiger partial charge in [-0.3, -0.25) is 4.79 Å². The Hall–Kier alpha value is -3.03. The van der Waals surface area contributed by atoms with E-state index < -0.39 is 11.4 Å². The average molecular weight is 331 g/mol. The molecular formula is C16H18FN5O2. The number of nitrogen functional groups attached to an aromatic ring is 1. The van der Waals surface area contributed by atoms with Gasteiger partial charge in [0.25, 0.3) is 5.56 Å². The van der Waals surface area contributed by atoms with E-state index >= 15 is 0 Å². The van der Waals surface area contributed by atoms with Crippen molar-refractivity contribution in [1.29, 1.82) is 0 Å². The van der Waals surface area contributed by atoms with Crippen LogP contribution in [-0.2, 0) is 0 Å². The average Bonchev–Trinajstić information content (AvgIpc) is 2.58. The first-order valence-electron chi connectivity index (χ1n) is 7.35. The van der Waals surface area contributed by atoms with E-state index in [-0.39, 0.29) is 22.6 Å². The number of hydrogen-bond donors (Lipinski definition) is 2. The number of rotatable bonds is 2. The summed E-state index contributed by atoms with van der Waals surface area (Å²) in [6, 6.07) is 1.64. The number of nitrogens with one attached hydrogen (secondary N) is 1. The number of hydrogen-bond acceptors (Lipinski definition) is 6. The summed E-state index contributed by atoms with van der Waals surface area (Å²) < 4.78 is 18.7. The molecule has 3 rings (SSSR count). The van der Waals surface area contributed by atoms with Gasteiger partial charge in [0.2, 0.25) is 0 Å². The first-order valence-corrected chi connectivity index (χ1v) is 7.35. The Morgan fingerprint density at radius 3 is 2.50 bits per heavy atom. The molecule has 0 aliphatic heterocycles. The van der Waals surface area contributed by atoms with Gasteiger partial charge in [0, 0.05) is 29.5 Å². The first kappa shape index (κ1) is 17.3. The number of aromatic nitrogens is 4. The van der Waals surface area contributed by atoms with Crippen molar-refractivity contribution in [1.82, 2.24) is 19.9 Å². The molecule has 3 aromatic heterocycles. The summed E-state index contributed by atoms with van der Waals surface area (Å²) in [4.78, 5) is 26.0. The van der Waals surface area contributed by atoms with Crippen LogP contribution in [0.15, 0.2) is 29.5 Å². The molecule has 7 nitrogen and oxygen atoms in total. The second-order valence-electron chi connectivity index (χ2n) is 4.95. The van der Waals surface area contributed by atoms with Gasteiger partial charge in [0.15, 0.2) is 0 Å². The van der Waals surface area contributed by atoms with Crippen molar-refractivity contribution >= 4 is 16.6 Å². The van der Waals surface area contributed by atoms with Crippen molar-refractivity contribution in [2.45, 2.75) is 20.3 Å². The minimum Gasteiger partial charge on any atom is -0.467 e. The van der Waals surface area contributed by atoms with Crippen molar-refractivity contribution < 1.29 is 9.13 Å². The molecule has 126 valence electrons. The zero-order chi connectivity index (χ0) is 17.7. The first-order chi connectivity index (χ1) is 11.5. The molecule has 3 heterocycles. The zero-order valence-corrected chi connectivity index (χ0v) is 13.6. The van der Waals surface area contributed by atoms with Gasteiger partial charge >= 0.3 is 6.01 Å². The predicted octanol–water partition coefficient (Wildman–Crippen LogP) is 2.53. The molecule has 0 aliphatic rings. The fraction of sp³-hybridized carbons (Fsp3) is 0.250. The fourth-order valence-corrected chi connectivity index (χ4v) is 1.97. The van der Waals surface area contributed by atoms with E-state index in [1.165, 1.54) is 32.0 Å². The Labute approximate surface area is 137 Å². The van der Waals surface area contributed by atoms with Crippen LogP contribution in [0.5, 0.6) is 6.01 Å². The number of pyridine rings is 2. The van der Waals surface area contributed by atoms with E-state index in [1.54, 1.807) is 0 Å². The van der Waals surface area contributed by atoms with E-state index in [0.717, 1.165) is 6.20 Å². The lowest BCUT2D eigenvalue weighted by Gasteiger charge is -2.06. The zero-order valence-electron chi connectivity index (χ0n) is 13.6. The molecule has 24 heavy (non-hydrogen) atoms. The van der Waals surface area contributed by atoms with E-state index in [1.807, 2.05) is 0 Å². The van der Waals surface area contributed by atoms with Crippen molar-refractivity contribution in [3.8, 4) is 17.3 Å². The van der Waals surface area contributed by atoms with Crippen LogP contribution >= 0.6 is 0 Å². The minimum atomic E-state index is -0.589. The normalized spacial score (nSPS) is 10.2. The van der Waals surface area contributed by atoms with Crippen LogP contribution in [0.25, 0.3) is 22.0 Å². The number of ether oxygens (including phenoxy) is 1. The molecule has 0 atom stereocenters. The smallest absolute Gasteiger partial charge is 0.316 e. The van der Waals surface area contributed by atoms with Crippen LogP contribution in [-0.4, -0.2) is 27.0 Å². The number of aromatic amines is 1. The summed E-state index contributed by atoms with van der Waals surface area (Å²) in [6.07, 6.45) is 5.19. The Bertz CT molecular complexity index is 893. The minimum absolute atomic E-state index is 0.0215. The highest BCUT2D eigenvalue weighted by atomic mass is 19.1. The standard InChI is InChI=1S/C13H10FN5O2.C3H8/c1-21-13-17-3-6(4-18-13)9-2-7-8(14)5-16-12(20)10(7)11(15)19-9;1-3-2/h2-5H,1H3,(H2,15,19)(H,16,20);3H2,1-2H3. The predicted molar refractivity (Wildman–Crippen MR) is 90.3 cm³/mol. The molecule has 3 aromatic rings. The fourth-order valence-electron chi connectivity index (χ4n) is 1.97. The molecule has 0 aromatic carbocycles. The highest BCUT2D eigenvalue weighted by molar-refractivity contribution is 5.93. The number of methoxy groups -OCH3 is 1. The molecule has 0 fully saturated rings. The maximum Gasteiger partial charge on any atom is 0.316 e. The van der Waals surface area contributed by atoms with E-state index in [4.69, 9.17) is 10.5 Å². The van der Waals surface area contributed by atoms with Gasteiger partial charge < -0.3 is 15.5 Å². The SMILES string of the molecule is CCC.COc1ncc(-c2cc3c(F)c[nH]c(=O)c3c(N)n2)cn1. The third-order valence-electron chi connectivity index (χ3n) is 2.97. The molecule has 8 heteroatoms. The molecule has 0 radical (unpaired) electrons. The lowest BCUT2D eigenvalue weighted by atomic mass is 10.1. The number of halogens is 1. The second kappa shape index (κ2) is 7.49. The molecule has 0 spiro atoms. The molecular weight excluding hydrogens is 313 g/mol. The lowest BCUT2D eigenvalue weighted by molar-refractivity contribution is 0.380.